The Morgan fingerprint density at radius 1 is 1.21 bits per heavy atom. The van der Waals surface area contributed by atoms with Crippen LogP contribution in [0.1, 0.15) is 22.1 Å². The highest BCUT2D eigenvalue weighted by atomic mass is 79.9. The molecule has 28 heavy (non-hydrogen) atoms. The maximum Gasteiger partial charge on any atom is 0.337 e. The highest BCUT2D eigenvalue weighted by molar-refractivity contribution is 9.10. The minimum Gasteiger partial charge on any atom is -0.465 e. The number of fused-ring (bicyclic) bond motifs is 3. The number of thioether (sulfide) groups is 1. The molecule has 2 heterocycles. The zero-order valence-electron chi connectivity index (χ0n) is 15.0. The monoisotopic (exact) mass is 458 g/mol. The summed E-state index contributed by atoms with van der Waals surface area (Å²) in [5, 5.41) is 12.4. The number of halogens is 1. The highest BCUT2D eigenvalue weighted by Crippen LogP contribution is 2.40. The van der Waals surface area contributed by atoms with Crippen LogP contribution < -0.4 is 10.1 Å². The van der Waals surface area contributed by atoms with Crippen LogP contribution >= 0.6 is 27.7 Å². The van der Waals surface area contributed by atoms with E-state index in [0.717, 1.165) is 21.3 Å². The molecule has 1 aliphatic heterocycles. The summed E-state index contributed by atoms with van der Waals surface area (Å²) < 4.78 is 11.8. The molecule has 1 aliphatic rings. The van der Waals surface area contributed by atoms with Crippen molar-refractivity contribution in [3.8, 4) is 17.1 Å². The van der Waals surface area contributed by atoms with Crippen molar-refractivity contribution in [3.63, 3.8) is 0 Å². The van der Waals surface area contributed by atoms with E-state index in [1.165, 1.54) is 18.9 Å². The highest BCUT2D eigenvalue weighted by Gasteiger charge is 2.26. The third-order valence-electron chi connectivity index (χ3n) is 4.21. The van der Waals surface area contributed by atoms with E-state index in [2.05, 4.69) is 36.4 Å². The van der Waals surface area contributed by atoms with Crippen molar-refractivity contribution in [3.05, 3.63) is 58.1 Å². The van der Waals surface area contributed by atoms with Crippen molar-refractivity contribution in [2.24, 2.45) is 0 Å². The molecule has 2 aromatic carbocycles. The number of rotatable bonds is 3. The second-order valence-electron chi connectivity index (χ2n) is 5.90. The van der Waals surface area contributed by atoms with E-state index < -0.39 is 6.23 Å². The quantitative estimate of drug-likeness (QED) is 0.458. The van der Waals surface area contributed by atoms with Crippen molar-refractivity contribution in [1.82, 2.24) is 15.2 Å². The van der Waals surface area contributed by atoms with Crippen LogP contribution in [0.4, 0.5) is 5.69 Å². The Hall–Kier alpha value is -2.65. The average Bonchev–Trinajstić information content (AvgIpc) is 2.89. The van der Waals surface area contributed by atoms with Crippen molar-refractivity contribution in [2.45, 2.75) is 11.4 Å². The number of esters is 1. The number of ether oxygens (including phenoxy) is 2. The lowest BCUT2D eigenvalue weighted by Gasteiger charge is -2.19. The van der Waals surface area contributed by atoms with Gasteiger partial charge in [0.05, 0.1) is 12.7 Å². The minimum atomic E-state index is -0.515. The lowest BCUT2D eigenvalue weighted by Crippen LogP contribution is -2.17. The molecule has 9 heteroatoms. The van der Waals surface area contributed by atoms with E-state index in [-0.39, 0.29) is 5.97 Å². The van der Waals surface area contributed by atoms with E-state index in [0.29, 0.717) is 22.3 Å². The Morgan fingerprint density at radius 3 is 2.71 bits per heavy atom. The van der Waals surface area contributed by atoms with Gasteiger partial charge in [0.25, 0.3) is 0 Å². The molecule has 4 rings (SSSR count). The maximum atomic E-state index is 11.7. The summed E-state index contributed by atoms with van der Waals surface area (Å²) in [6.45, 7) is 0. The Bertz CT molecular complexity index is 1050. The van der Waals surface area contributed by atoms with Gasteiger partial charge in [-0.1, -0.05) is 39.8 Å². The predicted molar refractivity (Wildman–Crippen MR) is 110 cm³/mol. The van der Waals surface area contributed by atoms with Crippen LogP contribution in [0.2, 0.25) is 0 Å². The van der Waals surface area contributed by atoms with Crippen molar-refractivity contribution < 1.29 is 14.3 Å². The topological polar surface area (TPSA) is 86.2 Å². The first-order valence-corrected chi connectivity index (χ1v) is 10.3. The van der Waals surface area contributed by atoms with Crippen molar-refractivity contribution in [2.75, 3.05) is 18.7 Å². The summed E-state index contributed by atoms with van der Waals surface area (Å²) in [4.78, 5) is 16.2. The molecule has 1 atom stereocenters. The molecular weight excluding hydrogens is 444 g/mol. The molecule has 0 saturated carbocycles. The Balaban J connectivity index is 1.78. The molecule has 0 amide bonds. The first-order valence-electron chi connectivity index (χ1n) is 8.29. The number of benzene rings is 2. The lowest BCUT2D eigenvalue weighted by molar-refractivity contribution is 0.0600. The Morgan fingerprint density at radius 2 is 2.00 bits per heavy atom. The second-order valence-corrected chi connectivity index (χ2v) is 7.59. The number of carbonyl (C=O) groups is 1. The largest absolute Gasteiger partial charge is 0.465 e. The number of aromatic nitrogens is 3. The van der Waals surface area contributed by atoms with E-state index >= 15 is 0 Å². The fourth-order valence-corrected chi connectivity index (χ4v) is 3.48. The normalized spacial score (nSPS) is 14.8. The fraction of sp³-hybridized carbons (Fsp3) is 0.158. The summed E-state index contributed by atoms with van der Waals surface area (Å²) in [7, 11) is 1.36. The zero-order valence-corrected chi connectivity index (χ0v) is 17.4. The summed E-state index contributed by atoms with van der Waals surface area (Å²) in [6.07, 6.45) is 1.37. The van der Waals surface area contributed by atoms with Gasteiger partial charge in [-0.15, -0.1) is 10.2 Å². The van der Waals surface area contributed by atoms with Crippen LogP contribution in [0.15, 0.2) is 52.1 Å². The minimum absolute atomic E-state index is 0.386. The van der Waals surface area contributed by atoms with Crippen LogP contribution in [0.3, 0.4) is 0 Å². The SMILES string of the molecule is COC(=O)c1ccc([C@H]2Nc3ccc(Br)cc3-c3nnc(SC)nc3O2)cc1. The molecule has 0 radical (unpaired) electrons. The van der Waals surface area contributed by atoms with Gasteiger partial charge in [0.2, 0.25) is 11.0 Å². The summed E-state index contributed by atoms with van der Waals surface area (Å²) in [5.74, 6) is 0.00846. The van der Waals surface area contributed by atoms with E-state index in [1.807, 2.05) is 36.6 Å². The number of anilines is 1. The molecule has 1 aromatic heterocycles. The maximum absolute atomic E-state index is 11.7. The van der Waals surface area contributed by atoms with Crippen LogP contribution in [-0.4, -0.2) is 34.5 Å². The molecule has 0 spiro atoms. The molecule has 0 saturated heterocycles. The molecule has 0 aliphatic carbocycles. The van der Waals surface area contributed by atoms with E-state index in [9.17, 15) is 4.79 Å². The van der Waals surface area contributed by atoms with Crippen LogP contribution in [0.5, 0.6) is 5.88 Å². The van der Waals surface area contributed by atoms with Crippen molar-refractivity contribution in [1.29, 1.82) is 0 Å². The van der Waals surface area contributed by atoms with Gasteiger partial charge in [-0.05, 0) is 36.6 Å². The zero-order chi connectivity index (χ0) is 19.7. The van der Waals surface area contributed by atoms with Gasteiger partial charge in [0.15, 0.2) is 11.9 Å². The Labute approximate surface area is 174 Å². The number of carbonyl (C=O) groups excluding carboxylic acids is 1. The molecule has 3 aromatic rings. The first-order chi connectivity index (χ1) is 13.6. The number of nitrogens with zero attached hydrogens (tertiary/aromatic N) is 3. The third-order valence-corrected chi connectivity index (χ3v) is 5.24. The molecule has 0 bridgehead atoms. The van der Waals surface area contributed by atoms with Crippen molar-refractivity contribution >= 4 is 39.3 Å². The number of hydrogen-bond donors (Lipinski definition) is 1. The van der Waals surface area contributed by atoms with Gasteiger partial charge in [-0.3, -0.25) is 0 Å². The Kier molecular flexibility index (Phi) is 5.19. The summed E-state index contributed by atoms with van der Waals surface area (Å²) >= 11 is 4.89. The molecule has 1 N–H and O–H groups in total. The van der Waals surface area contributed by atoms with E-state index in [1.54, 1.807) is 12.1 Å². The molecule has 0 fully saturated rings. The summed E-state index contributed by atoms with van der Waals surface area (Å²) in [5.41, 5.74) is 3.55. The fourth-order valence-electron chi connectivity index (χ4n) is 2.82. The van der Waals surface area contributed by atoms with Gasteiger partial charge < -0.3 is 14.8 Å². The number of nitrogens with one attached hydrogen (secondary N) is 1. The van der Waals surface area contributed by atoms with Gasteiger partial charge in [0, 0.05) is 21.3 Å². The van der Waals surface area contributed by atoms with Crippen LogP contribution in [-0.2, 0) is 4.74 Å². The second kappa shape index (κ2) is 7.76. The van der Waals surface area contributed by atoms with Crippen LogP contribution in [0.25, 0.3) is 11.3 Å². The average molecular weight is 459 g/mol. The smallest absolute Gasteiger partial charge is 0.337 e. The predicted octanol–water partition coefficient (Wildman–Crippen LogP) is 4.31. The molecular formula is C19H15BrN4O3S. The van der Waals surface area contributed by atoms with Gasteiger partial charge in [-0.2, -0.15) is 4.98 Å². The summed E-state index contributed by atoms with van der Waals surface area (Å²) in [6, 6.07) is 12.9. The molecule has 7 nitrogen and oxygen atoms in total. The lowest BCUT2D eigenvalue weighted by atomic mass is 10.1. The molecule has 142 valence electrons. The third kappa shape index (κ3) is 3.55. The van der Waals surface area contributed by atoms with Crippen LogP contribution in [0, 0.1) is 0 Å². The number of hydrogen-bond acceptors (Lipinski definition) is 8. The van der Waals surface area contributed by atoms with Gasteiger partial charge in [0.1, 0.15) is 0 Å². The molecule has 0 unspecified atom stereocenters. The standard InChI is InChI=1S/C19H15BrN4O3S/c1-26-18(25)11-5-3-10(4-6-11)16-21-14-8-7-12(20)9-13(14)15-17(27-16)22-19(28-2)24-23-15/h3-9,16,21H,1-2H3/t16-/m0/s1. The number of methoxy groups -OCH3 is 1. The van der Waals surface area contributed by atoms with Gasteiger partial charge >= 0.3 is 5.97 Å². The van der Waals surface area contributed by atoms with E-state index in [4.69, 9.17) is 9.47 Å². The van der Waals surface area contributed by atoms with Gasteiger partial charge in [-0.25, -0.2) is 4.79 Å². The first kappa shape index (κ1) is 18.7.